The van der Waals surface area contributed by atoms with Crippen molar-refractivity contribution in [2.24, 2.45) is 10.5 Å². The van der Waals surface area contributed by atoms with Crippen LogP contribution in [0.15, 0.2) is 11.2 Å². The maximum absolute atomic E-state index is 16.1. The van der Waals surface area contributed by atoms with Crippen LogP contribution in [-0.2, 0) is 20.7 Å². The predicted octanol–water partition coefficient (Wildman–Crippen LogP) is 1.07. The summed E-state index contributed by atoms with van der Waals surface area (Å²) in [5.74, 6) is -1.98. The van der Waals surface area contributed by atoms with Crippen LogP contribution in [0.1, 0.15) is 31.9 Å². The minimum atomic E-state index is -1.67. The molecule has 4 aliphatic heterocycles. The molecular weight excluding hydrogens is 453 g/mol. The third-order valence-electron chi connectivity index (χ3n) is 6.55. The van der Waals surface area contributed by atoms with Crippen LogP contribution >= 0.6 is 11.8 Å². The molecule has 1 aromatic rings. The van der Waals surface area contributed by atoms with E-state index in [0.29, 0.717) is 16.2 Å². The Morgan fingerprint density at radius 1 is 1.24 bits per heavy atom. The molecule has 0 aliphatic carbocycles. The molecule has 2 saturated heterocycles. The number of carbonyl (C=O) groups is 3. The maximum atomic E-state index is 16.1. The minimum absolute atomic E-state index is 0.00128. The summed E-state index contributed by atoms with van der Waals surface area (Å²) in [7, 11) is 1.39. The summed E-state index contributed by atoms with van der Waals surface area (Å²) in [4.78, 5) is 40.0. The van der Waals surface area contributed by atoms with E-state index in [1.54, 1.807) is 17.9 Å². The van der Waals surface area contributed by atoms with Crippen molar-refractivity contribution in [3.8, 4) is 5.75 Å². The van der Waals surface area contributed by atoms with Gasteiger partial charge in [-0.2, -0.15) is 5.10 Å². The number of rotatable bonds is 2. The smallest absolute Gasteiger partial charge is 0.328 e. The standard InChI is InChI=1S/C21H24FN5O5S/c1-8-7-27-14-11(5-12(15(31-4)13(14)22)17-26-25-10(3)33-17)6-21(16(27)9(2)32-8)18(28)23-20(30)24-19(21)29/h5,8-10,16,25H,6-7H2,1-4H3,(H2,23,24,28,29,30). The quantitative estimate of drug-likeness (QED) is 0.541. The Balaban J connectivity index is 1.74. The van der Waals surface area contributed by atoms with Crippen LogP contribution in [-0.4, -0.2) is 60.2 Å². The largest absolute Gasteiger partial charge is 0.493 e. The Morgan fingerprint density at radius 3 is 2.55 bits per heavy atom. The highest BCUT2D eigenvalue weighted by Crippen LogP contribution is 2.50. The number of urea groups is 1. The van der Waals surface area contributed by atoms with Crippen molar-refractivity contribution in [1.82, 2.24) is 16.1 Å². The van der Waals surface area contributed by atoms with Crippen molar-refractivity contribution in [2.75, 3.05) is 18.6 Å². The summed E-state index contributed by atoms with van der Waals surface area (Å²) >= 11 is 1.41. The van der Waals surface area contributed by atoms with Gasteiger partial charge in [0.05, 0.1) is 42.0 Å². The number of hydrazone groups is 1. The number of fused-ring (bicyclic) bond motifs is 4. The van der Waals surface area contributed by atoms with E-state index in [-0.39, 0.29) is 35.9 Å². The monoisotopic (exact) mass is 477 g/mol. The number of morpholine rings is 1. The molecule has 0 aromatic heterocycles. The van der Waals surface area contributed by atoms with E-state index in [1.165, 1.54) is 18.9 Å². The van der Waals surface area contributed by atoms with Gasteiger partial charge in [0.1, 0.15) is 5.04 Å². The second-order valence-corrected chi connectivity index (χ2v) is 10.0. The molecule has 33 heavy (non-hydrogen) atoms. The second-order valence-electron chi connectivity index (χ2n) is 8.72. The van der Waals surface area contributed by atoms with Crippen LogP contribution in [0.3, 0.4) is 0 Å². The predicted molar refractivity (Wildman–Crippen MR) is 119 cm³/mol. The van der Waals surface area contributed by atoms with Gasteiger partial charge in [0.2, 0.25) is 11.8 Å². The van der Waals surface area contributed by atoms with Crippen molar-refractivity contribution in [2.45, 2.75) is 50.8 Å². The molecular formula is C21H24FN5O5S. The normalized spacial score (nSPS) is 30.2. The number of anilines is 1. The topological polar surface area (TPSA) is 121 Å². The van der Waals surface area contributed by atoms with Crippen molar-refractivity contribution in [3.63, 3.8) is 0 Å². The molecule has 3 N–H and O–H groups in total. The zero-order valence-electron chi connectivity index (χ0n) is 18.5. The third-order valence-corrected chi connectivity index (χ3v) is 7.55. The fraction of sp³-hybridized carbons (Fsp3) is 0.524. The molecule has 1 spiro atoms. The fourth-order valence-electron chi connectivity index (χ4n) is 5.39. The van der Waals surface area contributed by atoms with Gasteiger partial charge in [-0.3, -0.25) is 25.6 Å². The van der Waals surface area contributed by atoms with Crippen molar-refractivity contribution >= 4 is 40.3 Å². The highest BCUT2D eigenvalue weighted by atomic mass is 32.2. The zero-order valence-corrected chi connectivity index (χ0v) is 19.3. The molecule has 1 aromatic carbocycles. The molecule has 2 fully saturated rings. The van der Waals surface area contributed by atoms with Crippen LogP contribution in [0.4, 0.5) is 14.9 Å². The van der Waals surface area contributed by atoms with Gasteiger partial charge in [0.15, 0.2) is 17.0 Å². The second kappa shape index (κ2) is 7.59. The molecule has 5 rings (SSSR count). The number of amides is 4. The lowest BCUT2D eigenvalue weighted by molar-refractivity contribution is -0.153. The molecule has 0 bridgehead atoms. The molecule has 12 heteroatoms. The Hall–Kier alpha value is -2.86. The van der Waals surface area contributed by atoms with Gasteiger partial charge < -0.3 is 14.4 Å². The van der Waals surface area contributed by atoms with Crippen LogP contribution in [0, 0.1) is 11.2 Å². The summed E-state index contributed by atoms with van der Waals surface area (Å²) in [5.41, 5.74) is 2.43. The van der Waals surface area contributed by atoms with E-state index >= 15 is 4.39 Å². The van der Waals surface area contributed by atoms with E-state index in [9.17, 15) is 14.4 Å². The van der Waals surface area contributed by atoms with Gasteiger partial charge >= 0.3 is 6.03 Å². The van der Waals surface area contributed by atoms with E-state index < -0.39 is 41.2 Å². The number of thioether (sulfide) groups is 1. The summed E-state index contributed by atoms with van der Waals surface area (Å²) in [5, 5.41) is 9.29. The lowest BCUT2D eigenvalue weighted by Gasteiger charge is -2.55. The lowest BCUT2D eigenvalue weighted by Crippen LogP contribution is -2.75. The number of ether oxygens (including phenoxy) is 2. The summed E-state index contributed by atoms with van der Waals surface area (Å²) in [6.45, 7) is 5.77. The van der Waals surface area contributed by atoms with Crippen LogP contribution < -0.4 is 25.7 Å². The average molecular weight is 478 g/mol. The maximum Gasteiger partial charge on any atom is 0.328 e. The highest BCUT2D eigenvalue weighted by molar-refractivity contribution is 8.15. The number of hydrogen-bond acceptors (Lipinski definition) is 9. The van der Waals surface area contributed by atoms with Gasteiger partial charge in [0, 0.05) is 13.0 Å². The van der Waals surface area contributed by atoms with Gasteiger partial charge in [-0.1, -0.05) is 11.8 Å². The first-order valence-corrected chi connectivity index (χ1v) is 11.5. The molecule has 0 radical (unpaired) electrons. The number of halogens is 1. The van der Waals surface area contributed by atoms with Gasteiger partial charge in [-0.25, -0.2) is 9.18 Å². The van der Waals surface area contributed by atoms with Gasteiger partial charge in [-0.15, -0.1) is 0 Å². The number of nitrogens with zero attached hydrogens (tertiary/aromatic N) is 2. The van der Waals surface area contributed by atoms with E-state index in [0.717, 1.165) is 0 Å². The number of benzene rings is 1. The molecule has 4 atom stereocenters. The Morgan fingerprint density at radius 2 is 1.94 bits per heavy atom. The fourth-order valence-corrected chi connectivity index (χ4v) is 6.22. The zero-order chi connectivity index (χ0) is 23.7. The number of carbonyl (C=O) groups excluding carboxylic acids is 3. The van der Waals surface area contributed by atoms with E-state index in [2.05, 4.69) is 21.2 Å². The minimum Gasteiger partial charge on any atom is -0.493 e. The number of methoxy groups -OCH3 is 1. The Labute approximate surface area is 193 Å². The summed E-state index contributed by atoms with van der Waals surface area (Å²) in [6, 6.07) is 0.0334. The molecule has 4 aliphatic rings. The lowest BCUT2D eigenvalue weighted by atomic mass is 9.66. The average Bonchev–Trinajstić information content (AvgIpc) is 3.17. The summed E-state index contributed by atoms with van der Waals surface area (Å²) in [6.07, 6.45) is -0.970. The number of hydrogen-bond donors (Lipinski definition) is 3. The molecule has 10 nitrogen and oxygen atoms in total. The van der Waals surface area contributed by atoms with Crippen LogP contribution in [0.2, 0.25) is 0 Å². The third kappa shape index (κ3) is 3.11. The number of nitrogens with one attached hydrogen (secondary N) is 3. The van der Waals surface area contributed by atoms with E-state index in [1.807, 2.05) is 13.8 Å². The summed E-state index contributed by atoms with van der Waals surface area (Å²) < 4.78 is 27.5. The van der Waals surface area contributed by atoms with Crippen LogP contribution in [0.25, 0.3) is 0 Å². The molecule has 4 amide bonds. The Bertz CT molecular complexity index is 1090. The molecule has 4 unspecified atom stereocenters. The molecule has 176 valence electrons. The first-order chi connectivity index (χ1) is 15.7. The Kier molecular flexibility index (Phi) is 5.05. The molecule has 4 heterocycles. The number of barbiturate groups is 1. The SMILES string of the molecule is COc1c(C2=NNC(C)S2)cc2c(c1F)N1CC(C)OC(C)C1C1(C2)C(=O)NC(=O)NC1=O. The number of imide groups is 2. The van der Waals surface area contributed by atoms with Gasteiger partial charge in [0.25, 0.3) is 0 Å². The van der Waals surface area contributed by atoms with Crippen molar-refractivity contribution in [3.05, 3.63) is 23.0 Å². The van der Waals surface area contributed by atoms with Crippen molar-refractivity contribution in [1.29, 1.82) is 0 Å². The highest BCUT2D eigenvalue weighted by Gasteiger charge is 2.63. The van der Waals surface area contributed by atoms with Crippen molar-refractivity contribution < 1.29 is 28.2 Å². The molecule has 0 saturated carbocycles. The van der Waals surface area contributed by atoms with Gasteiger partial charge in [-0.05, 0) is 32.4 Å². The van der Waals surface area contributed by atoms with E-state index in [4.69, 9.17) is 9.47 Å². The first kappa shape index (κ1) is 22.0. The first-order valence-electron chi connectivity index (χ1n) is 10.7. The van der Waals surface area contributed by atoms with Crippen LogP contribution in [0.5, 0.6) is 5.75 Å².